The average molecular weight is 238 g/mol. The maximum absolute atomic E-state index is 11.3. The SMILES string of the molecule is CCOC(=O)CC(C#N)NC1CCCCCC1. The van der Waals surface area contributed by atoms with Crippen molar-refractivity contribution in [1.82, 2.24) is 5.32 Å². The minimum atomic E-state index is -0.405. The summed E-state index contributed by atoms with van der Waals surface area (Å²) < 4.78 is 4.86. The Kier molecular flexibility index (Phi) is 6.64. The Labute approximate surface area is 103 Å². The number of carbonyl (C=O) groups excluding carboxylic acids is 1. The maximum Gasteiger partial charge on any atom is 0.308 e. The van der Waals surface area contributed by atoms with Gasteiger partial charge < -0.3 is 4.74 Å². The number of ether oxygens (including phenoxy) is 1. The molecule has 0 radical (unpaired) electrons. The molecule has 0 bridgehead atoms. The van der Waals surface area contributed by atoms with Gasteiger partial charge in [-0.25, -0.2) is 0 Å². The molecule has 0 amide bonds. The van der Waals surface area contributed by atoms with Crippen molar-refractivity contribution in [2.45, 2.75) is 64.0 Å². The number of esters is 1. The van der Waals surface area contributed by atoms with Crippen molar-refractivity contribution in [3.05, 3.63) is 0 Å². The van der Waals surface area contributed by atoms with Crippen LogP contribution in [0.25, 0.3) is 0 Å². The molecule has 1 aliphatic carbocycles. The van der Waals surface area contributed by atoms with Gasteiger partial charge in [-0.05, 0) is 19.8 Å². The number of hydrogen-bond donors (Lipinski definition) is 1. The normalized spacial score (nSPS) is 19.1. The summed E-state index contributed by atoms with van der Waals surface area (Å²) >= 11 is 0. The topological polar surface area (TPSA) is 62.1 Å². The Hall–Kier alpha value is -1.08. The van der Waals surface area contributed by atoms with Crippen molar-refractivity contribution in [3.63, 3.8) is 0 Å². The zero-order valence-electron chi connectivity index (χ0n) is 10.6. The second-order valence-electron chi connectivity index (χ2n) is 4.55. The Morgan fingerprint density at radius 3 is 2.59 bits per heavy atom. The third-order valence-electron chi connectivity index (χ3n) is 3.12. The van der Waals surface area contributed by atoms with Gasteiger partial charge in [-0.1, -0.05) is 25.7 Å². The molecule has 0 spiro atoms. The molecule has 1 rings (SSSR count). The molecule has 0 aromatic carbocycles. The van der Waals surface area contributed by atoms with Gasteiger partial charge in [-0.2, -0.15) is 5.26 Å². The first-order valence-corrected chi connectivity index (χ1v) is 6.57. The largest absolute Gasteiger partial charge is 0.466 e. The average Bonchev–Trinajstić information content (AvgIpc) is 2.57. The molecule has 0 saturated heterocycles. The Balaban J connectivity index is 2.34. The molecule has 1 atom stereocenters. The number of nitriles is 1. The highest BCUT2D eigenvalue weighted by atomic mass is 16.5. The van der Waals surface area contributed by atoms with Crippen LogP contribution in [0.15, 0.2) is 0 Å². The summed E-state index contributed by atoms with van der Waals surface area (Å²) in [6, 6.07) is 2.13. The molecule has 1 aliphatic rings. The van der Waals surface area contributed by atoms with Crippen LogP contribution in [0.3, 0.4) is 0 Å². The molecular weight excluding hydrogens is 216 g/mol. The van der Waals surface area contributed by atoms with Gasteiger partial charge in [-0.3, -0.25) is 10.1 Å². The molecule has 0 aliphatic heterocycles. The van der Waals surface area contributed by atoms with Crippen molar-refractivity contribution in [3.8, 4) is 6.07 Å². The van der Waals surface area contributed by atoms with E-state index in [1.807, 2.05) is 0 Å². The predicted molar refractivity (Wildman–Crippen MR) is 65.3 cm³/mol. The third kappa shape index (κ3) is 5.69. The van der Waals surface area contributed by atoms with E-state index in [0.29, 0.717) is 12.6 Å². The highest BCUT2D eigenvalue weighted by Gasteiger charge is 2.19. The lowest BCUT2D eigenvalue weighted by Gasteiger charge is -2.19. The summed E-state index contributed by atoms with van der Waals surface area (Å²) in [6.07, 6.45) is 7.38. The number of nitrogens with zero attached hydrogens (tertiary/aromatic N) is 1. The first-order valence-electron chi connectivity index (χ1n) is 6.57. The van der Waals surface area contributed by atoms with Gasteiger partial charge in [0.05, 0.1) is 19.1 Å². The van der Waals surface area contributed by atoms with Gasteiger partial charge in [-0.15, -0.1) is 0 Å². The van der Waals surface area contributed by atoms with Crippen molar-refractivity contribution in [2.75, 3.05) is 6.61 Å². The third-order valence-corrected chi connectivity index (χ3v) is 3.12. The van der Waals surface area contributed by atoms with E-state index in [2.05, 4.69) is 11.4 Å². The van der Waals surface area contributed by atoms with Crippen LogP contribution < -0.4 is 5.32 Å². The fraction of sp³-hybridized carbons (Fsp3) is 0.846. The van der Waals surface area contributed by atoms with Gasteiger partial charge in [0.2, 0.25) is 0 Å². The lowest BCUT2D eigenvalue weighted by Crippen LogP contribution is -2.38. The quantitative estimate of drug-likeness (QED) is 0.589. The van der Waals surface area contributed by atoms with E-state index in [1.54, 1.807) is 6.92 Å². The second-order valence-corrected chi connectivity index (χ2v) is 4.55. The molecule has 0 aromatic heterocycles. The zero-order chi connectivity index (χ0) is 12.5. The van der Waals surface area contributed by atoms with Crippen LogP contribution in [0.4, 0.5) is 0 Å². The van der Waals surface area contributed by atoms with Crippen LogP contribution in [-0.4, -0.2) is 24.7 Å². The number of nitrogens with one attached hydrogen (secondary N) is 1. The molecule has 96 valence electrons. The van der Waals surface area contributed by atoms with E-state index in [9.17, 15) is 4.79 Å². The highest BCUT2D eigenvalue weighted by molar-refractivity contribution is 5.70. The molecule has 4 nitrogen and oxygen atoms in total. The molecule has 0 heterocycles. The lowest BCUT2D eigenvalue weighted by molar-refractivity contribution is -0.143. The van der Waals surface area contributed by atoms with Crippen LogP contribution in [0.1, 0.15) is 51.9 Å². The van der Waals surface area contributed by atoms with E-state index in [0.717, 1.165) is 12.8 Å². The fourth-order valence-corrected chi connectivity index (χ4v) is 2.26. The van der Waals surface area contributed by atoms with E-state index < -0.39 is 6.04 Å². The standard InChI is InChI=1S/C13H22N2O2/c1-2-17-13(16)9-12(10-14)15-11-7-5-3-4-6-8-11/h11-12,15H,2-9H2,1H3. The van der Waals surface area contributed by atoms with Gasteiger partial charge in [0.25, 0.3) is 0 Å². The van der Waals surface area contributed by atoms with Gasteiger partial charge >= 0.3 is 5.97 Å². The number of carbonyl (C=O) groups is 1. The van der Waals surface area contributed by atoms with Crippen molar-refractivity contribution < 1.29 is 9.53 Å². The van der Waals surface area contributed by atoms with Crippen LogP contribution in [0, 0.1) is 11.3 Å². The summed E-state index contributed by atoms with van der Waals surface area (Å²) in [4.78, 5) is 11.3. The Morgan fingerprint density at radius 2 is 2.06 bits per heavy atom. The van der Waals surface area contributed by atoms with E-state index >= 15 is 0 Å². The summed E-state index contributed by atoms with van der Waals surface area (Å²) in [7, 11) is 0. The first kappa shape index (κ1) is 14.0. The molecule has 17 heavy (non-hydrogen) atoms. The number of rotatable bonds is 5. The van der Waals surface area contributed by atoms with E-state index in [-0.39, 0.29) is 12.4 Å². The molecule has 0 aromatic rings. The summed E-state index contributed by atoms with van der Waals surface area (Å²) in [6.45, 7) is 2.15. The highest BCUT2D eigenvalue weighted by Crippen LogP contribution is 2.17. The summed E-state index contributed by atoms with van der Waals surface area (Å²) in [5.74, 6) is -0.292. The van der Waals surface area contributed by atoms with Crippen molar-refractivity contribution in [1.29, 1.82) is 5.26 Å². The maximum atomic E-state index is 11.3. The second kappa shape index (κ2) is 8.08. The molecule has 1 saturated carbocycles. The summed E-state index contributed by atoms with van der Waals surface area (Å²) in [5, 5.41) is 12.3. The van der Waals surface area contributed by atoms with Gasteiger partial charge in [0.15, 0.2) is 0 Å². The van der Waals surface area contributed by atoms with Crippen LogP contribution in [-0.2, 0) is 9.53 Å². The minimum Gasteiger partial charge on any atom is -0.466 e. The molecule has 1 N–H and O–H groups in total. The lowest BCUT2D eigenvalue weighted by atomic mass is 10.1. The zero-order valence-corrected chi connectivity index (χ0v) is 10.6. The van der Waals surface area contributed by atoms with E-state index in [1.165, 1.54) is 25.7 Å². The van der Waals surface area contributed by atoms with Crippen molar-refractivity contribution in [2.24, 2.45) is 0 Å². The van der Waals surface area contributed by atoms with Crippen LogP contribution in [0.5, 0.6) is 0 Å². The van der Waals surface area contributed by atoms with Crippen molar-refractivity contribution >= 4 is 5.97 Å². The van der Waals surface area contributed by atoms with Crippen LogP contribution >= 0.6 is 0 Å². The minimum absolute atomic E-state index is 0.154. The van der Waals surface area contributed by atoms with Gasteiger partial charge in [0, 0.05) is 6.04 Å². The van der Waals surface area contributed by atoms with Gasteiger partial charge in [0.1, 0.15) is 6.04 Å². The Morgan fingerprint density at radius 1 is 1.41 bits per heavy atom. The number of hydrogen-bond acceptors (Lipinski definition) is 4. The summed E-state index contributed by atoms with van der Waals surface area (Å²) in [5.41, 5.74) is 0. The Bertz CT molecular complexity index is 265. The molecule has 4 heteroatoms. The molecular formula is C13H22N2O2. The fourth-order valence-electron chi connectivity index (χ4n) is 2.26. The molecule has 1 fully saturated rings. The first-order chi connectivity index (χ1) is 8.26. The van der Waals surface area contributed by atoms with E-state index in [4.69, 9.17) is 10.00 Å². The van der Waals surface area contributed by atoms with Crippen LogP contribution in [0.2, 0.25) is 0 Å². The molecule has 1 unspecified atom stereocenters. The monoisotopic (exact) mass is 238 g/mol. The smallest absolute Gasteiger partial charge is 0.308 e. The predicted octanol–water partition coefficient (Wildman–Crippen LogP) is 2.14.